The number of hydrogen-bond acceptors (Lipinski definition) is 2. The Morgan fingerprint density at radius 1 is 0.938 bits per heavy atom. The molecule has 1 aromatic heterocycles. The quantitative estimate of drug-likeness (QED) is 0.827. The molecule has 0 radical (unpaired) electrons. The standard InChI is InChI=1S/C13H19N3/c1-2-5-8(4-1)12-14-13(16-15-12)11-9-6-3-7-10(9)11/h8-11H,1-7H2,(H,14,15,16). The summed E-state index contributed by atoms with van der Waals surface area (Å²) in [6.07, 6.45) is 9.62. The topological polar surface area (TPSA) is 41.6 Å². The monoisotopic (exact) mass is 217 g/mol. The Bertz CT molecular complexity index is 382. The van der Waals surface area contributed by atoms with Crippen molar-refractivity contribution in [2.24, 2.45) is 11.8 Å². The predicted octanol–water partition coefficient (Wildman–Crippen LogP) is 2.98. The van der Waals surface area contributed by atoms with E-state index in [-0.39, 0.29) is 0 Å². The molecule has 16 heavy (non-hydrogen) atoms. The lowest BCUT2D eigenvalue weighted by Crippen LogP contribution is -1.95. The van der Waals surface area contributed by atoms with E-state index in [1.54, 1.807) is 0 Å². The van der Waals surface area contributed by atoms with Gasteiger partial charge in [-0.1, -0.05) is 19.3 Å². The van der Waals surface area contributed by atoms with E-state index in [0.717, 1.165) is 23.6 Å². The summed E-state index contributed by atoms with van der Waals surface area (Å²) >= 11 is 0. The van der Waals surface area contributed by atoms with Crippen molar-refractivity contribution in [3.05, 3.63) is 11.6 Å². The van der Waals surface area contributed by atoms with Crippen LogP contribution in [-0.4, -0.2) is 15.2 Å². The Morgan fingerprint density at radius 3 is 2.44 bits per heavy atom. The van der Waals surface area contributed by atoms with Crippen LogP contribution in [0.15, 0.2) is 0 Å². The number of rotatable bonds is 2. The van der Waals surface area contributed by atoms with Gasteiger partial charge in [0.05, 0.1) is 0 Å². The van der Waals surface area contributed by atoms with Crippen molar-refractivity contribution < 1.29 is 0 Å². The van der Waals surface area contributed by atoms with Gasteiger partial charge in [-0.3, -0.25) is 5.10 Å². The summed E-state index contributed by atoms with van der Waals surface area (Å²) in [6, 6.07) is 0. The molecule has 0 amide bonds. The van der Waals surface area contributed by atoms with E-state index < -0.39 is 0 Å². The van der Waals surface area contributed by atoms with Gasteiger partial charge in [0.2, 0.25) is 0 Å². The third kappa shape index (κ3) is 1.26. The first-order valence-corrected chi connectivity index (χ1v) is 6.85. The van der Waals surface area contributed by atoms with Gasteiger partial charge in [-0.15, -0.1) is 0 Å². The average Bonchev–Trinajstić information content (AvgIpc) is 2.89. The van der Waals surface area contributed by atoms with Crippen molar-refractivity contribution in [2.75, 3.05) is 0 Å². The van der Waals surface area contributed by atoms with Gasteiger partial charge in [0.1, 0.15) is 5.82 Å². The highest BCUT2D eigenvalue weighted by molar-refractivity contribution is 5.18. The first-order valence-electron chi connectivity index (χ1n) is 6.85. The second kappa shape index (κ2) is 3.31. The first-order chi connectivity index (χ1) is 7.93. The fourth-order valence-corrected chi connectivity index (χ4v) is 4.03. The lowest BCUT2D eigenvalue weighted by atomic mass is 10.1. The Morgan fingerprint density at radius 2 is 1.69 bits per heavy atom. The third-order valence-electron chi connectivity index (χ3n) is 4.96. The zero-order valence-electron chi connectivity index (χ0n) is 9.65. The van der Waals surface area contributed by atoms with Crippen molar-refractivity contribution in [1.82, 2.24) is 15.2 Å². The van der Waals surface area contributed by atoms with E-state index in [0.29, 0.717) is 5.92 Å². The summed E-state index contributed by atoms with van der Waals surface area (Å²) in [7, 11) is 0. The Balaban J connectivity index is 1.53. The van der Waals surface area contributed by atoms with E-state index in [1.165, 1.54) is 50.8 Å². The molecule has 3 aliphatic rings. The number of fused-ring (bicyclic) bond motifs is 1. The smallest absolute Gasteiger partial charge is 0.153 e. The molecule has 0 bridgehead atoms. The molecule has 0 aliphatic heterocycles. The Labute approximate surface area is 96.0 Å². The van der Waals surface area contributed by atoms with Crippen LogP contribution >= 0.6 is 0 Å². The van der Waals surface area contributed by atoms with Gasteiger partial charge in [-0.25, -0.2) is 4.98 Å². The van der Waals surface area contributed by atoms with E-state index in [1.807, 2.05) is 0 Å². The van der Waals surface area contributed by atoms with E-state index >= 15 is 0 Å². The maximum Gasteiger partial charge on any atom is 0.153 e. The third-order valence-corrected chi connectivity index (χ3v) is 4.96. The molecule has 3 aliphatic carbocycles. The fourth-order valence-electron chi connectivity index (χ4n) is 4.03. The highest BCUT2D eigenvalue weighted by Gasteiger charge is 2.54. The Kier molecular flexibility index (Phi) is 1.91. The maximum atomic E-state index is 4.77. The van der Waals surface area contributed by atoms with Crippen molar-refractivity contribution in [2.45, 2.75) is 56.8 Å². The van der Waals surface area contributed by atoms with Crippen molar-refractivity contribution >= 4 is 0 Å². The highest BCUT2D eigenvalue weighted by Crippen LogP contribution is 2.62. The SMILES string of the molecule is C1CCC(c2n[nH]c(C3C4CCCC43)n2)C1. The molecule has 3 saturated carbocycles. The number of nitrogens with zero attached hydrogens (tertiary/aromatic N) is 2. The van der Waals surface area contributed by atoms with Crippen LogP contribution in [0.1, 0.15) is 68.4 Å². The van der Waals surface area contributed by atoms with Crippen LogP contribution in [0.4, 0.5) is 0 Å². The molecule has 1 heterocycles. The summed E-state index contributed by atoms with van der Waals surface area (Å²) in [5, 5.41) is 7.66. The molecule has 4 rings (SSSR count). The van der Waals surface area contributed by atoms with Crippen LogP contribution in [0.3, 0.4) is 0 Å². The molecular weight excluding hydrogens is 198 g/mol. The van der Waals surface area contributed by atoms with Gasteiger partial charge in [-0.05, 0) is 37.5 Å². The number of hydrogen-bond donors (Lipinski definition) is 1. The summed E-state index contributed by atoms with van der Waals surface area (Å²) in [5.74, 6) is 5.61. The normalized spacial score (nSPS) is 37.9. The molecule has 1 aromatic rings. The van der Waals surface area contributed by atoms with Gasteiger partial charge in [0.15, 0.2) is 5.82 Å². The molecule has 0 aromatic carbocycles. The summed E-state index contributed by atoms with van der Waals surface area (Å²) in [4.78, 5) is 4.77. The van der Waals surface area contributed by atoms with Crippen molar-refractivity contribution in [3.8, 4) is 0 Å². The second-order valence-corrected chi connectivity index (χ2v) is 5.84. The van der Waals surface area contributed by atoms with E-state index in [4.69, 9.17) is 4.98 Å². The zero-order chi connectivity index (χ0) is 10.5. The van der Waals surface area contributed by atoms with Gasteiger partial charge < -0.3 is 0 Å². The lowest BCUT2D eigenvalue weighted by molar-refractivity contribution is 0.654. The molecule has 2 atom stereocenters. The summed E-state index contributed by atoms with van der Waals surface area (Å²) in [6.45, 7) is 0. The minimum Gasteiger partial charge on any atom is -0.263 e. The molecule has 2 unspecified atom stereocenters. The van der Waals surface area contributed by atoms with Crippen LogP contribution < -0.4 is 0 Å². The van der Waals surface area contributed by atoms with Crippen molar-refractivity contribution in [3.63, 3.8) is 0 Å². The highest BCUT2D eigenvalue weighted by atomic mass is 15.2. The van der Waals surface area contributed by atoms with Gasteiger partial charge in [0.25, 0.3) is 0 Å². The molecule has 3 nitrogen and oxygen atoms in total. The maximum absolute atomic E-state index is 4.77. The molecule has 0 spiro atoms. The van der Waals surface area contributed by atoms with Crippen LogP contribution in [0.25, 0.3) is 0 Å². The van der Waals surface area contributed by atoms with Crippen LogP contribution in [0, 0.1) is 11.8 Å². The van der Waals surface area contributed by atoms with Gasteiger partial charge >= 0.3 is 0 Å². The van der Waals surface area contributed by atoms with E-state index in [2.05, 4.69) is 10.2 Å². The van der Waals surface area contributed by atoms with E-state index in [9.17, 15) is 0 Å². The van der Waals surface area contributed by atoms with Crippen molar-refractivity contribution in [1.29, 1.82) is 0 Å². The Hall–Kier alpha value is -0.860. The lowest BCUT2D eigenvalue weighted by Gasteiger charge is -2.01. The molecular formula is C13H19N3. The molecule has 0 saturated heterocycles. The fraction of sp³-hybridized carbons (Fsp3) is 0.846. The largest absolute Gasteiger partial charge is 0.263 e. The molecule has 3 heteroatoms. The van der Waals surface area contributed by atoms with Crippen LogP contribution in [0.2, 0.25) is 0 Å². The summed E-state index contributed by atoms with van der Waals surface area (Å²) in [5.41, 5.74) is 0. The molecule has 86 valence electrons. The zero-order valence-corrected chi connectivity index (χ0v) is 9.65. The van der Waals surface area contributed by atoms with Gasteiger partial charge in [-0.2, -0.15) is 5.10 Å². The number of H-pyrrole nitrogens is 1. The minimum absolute atomic E-state index is 0.656. The molecule has 3 fully saturated rings. The van der Waals surface area contributed by atoms with Gasteiger partial charge in [0, 0.05) is 11.8 Å². The van der Waals surface area contributed by atoms with Crippen LogP contribution in [-0.2, 0) is 0 Å². The average molecular weight is 217 g/mol. The number of nitrogens with one attached hydrogen (secondary N) is 1. The van der Waals surface area contributed by atoms with Crippen LogP contribution in [0.5, 0.6) is 0 Å². The predicted molar refractivity (Wildman–Crippen MR) is 61.2 cm³/mol. The number of aromatic nitrogens is 3. The minimum atomic E-state index is 0.656. The second-order valence-electron chi connectivity index (χ2n) is 5.84. The molecule has 1 N–H and O–H groups in total. The summed E-state index contributed by atoms with van der Waals surface area (Å²) < 4.78 is 0. The first kappa shape index (κ1) is 9.20. The number of aromatic amines is 1.